The molecule has 0 spiro atoms. The fourth-order valence-electron chi connectivity index (χ4n) is 0.397. The molecule has 0 aromatic heterocycles. The Morgan fingerprint density at radius 2 is 1.56 bits per heavy atom. The summed E-state index contributed by atoms with van der Waals surface area (Å²) in [5, 5.41) is 16.5. The molecule has 0 aliphatic carbocycles. The van der Waals surface area contributed by atoms with E-state index in [1.54, 1.807) is 0 Å². The molecular formula is C4H11NO3S. The maximum absolute atomic E-state index is 10.7. The molecule has 0 amide bonds. The van der Waals surface area contributed by atoms with Gasteiger partial charge >= 0.3 is 0 Å². The molecule has 0 aromatic carbocycles. The van der Waals surface area contributed by atoms with E-state index in [2.05, 4.69) is 0 Å². The van der Waals surface area contributed by atoms with Crippen molar-refractivity contribution < 1.29 is 14.4 Å². The average molecular weight is 153 g/mol. The molecule has 0 radical (unpaired) electrons. The summed E-state index contributed by atoms with van der Waals surface area (Å²) in [5.41, 5.74) is 0. The normalized spacial score (nSPS) is 11.8. The van der Waals surface area contributed by atoms with Gasteiger partial charge in [-0.15, -0.1) is 0 Å². The van der Waals surface area contributed by atoms with Crippen molar-refractivity contribution in [2.45, 2.75) is 0 Å². The van der Waals surface area contributed by atoms with Gasteiger partial charge in [-0.25, -0.2) is 4.21 Å². The lowest BCUT2D eigenvalue weighted by Crippen LogP contribution is -2.14. The SMILES string of the molecule is N=S(=O)(CCO)CCO. The van der Waals surface area contributed by atoms with Gasteiger partial charge in [0.2, 0.25) is 0 Å². The minimum Gasteiger partial charge on any atom is -0.395 e. The highest BCUT2D eigenvalue weighted by Gasteiger charge is 2.02. The van der Waals surface area contributed by atoms with E-state index >= 15 is 0 Å². The van der Waals surface area contributed by atoms with E-state index in [0.717, 1.165) is 0 Å². The quantitative estimate of drug-likeness (QED) is 0.485. The van der Waals surface area contributed by atoms with Crippen LogP contribution in [0.25, 0.3) is 0 Å². The van der Waals surface area contributed by atoms with Crippen molar-refractivity contribution in [1.82, 2.24) is 0 Å². The van der Waals surface area contributed by atoms with Gasteiger partial charge in [-0.05, 0) is 0 Å². The van der Waals surface area contributed by atoms with Crippen LogP contribution in [-0.4, -0.2) is 39.1 Å². The summed E-state index contributed by atoms with van der Waals surface area (Å²) in [6, 6.07) is 0. The molecule has 4 nitrogen and oxygen atoms in total. The molecule has 0 aliphatic rings. The van der Waals surface area contributed by atoms with Crippen LogP contribution in [0.3, 0.4) is 0 Å². The molecule has 0 aliphatic heterocycles. The fraction of sp³-hybridized carbons (Fsp3) is 1.00. The van der Waals surface area contributed by atoms with Crippen molar-refractivity contribution in [2.24, 2.45) is 0 Å². The summed E-state index contributed by atoms with van der Waals surface area (Å²) in [7, 11) is -2.68. The average Bonchev–Trinajstić information content (AvgIpc) is 1.64. The van der Waals surface area contributed by atoms with Crippen molar-refractivity contribution in [3.8, 4) is 0 Å². The maximum atomic E-state index is 10.7. The van der Waals surface area contributed by atoms with Crippen LogP contribution in [0.1, 0.15) is 0 Å². The van der Waals surface area contributed by atoms with Crippen molar-refractivity contribution in [3.05, 3.63) is 0 Å². The van der Waals surface area contributed by atoms with E-state index in [-0.39, 0.29) is 24.7 Å². The second kappa shape index (κ2) is 3.81. The van der Waals surface area contributed by atoms with Gasteiger partial charge in [0.25, 0.3) is 0 Å². The van der Waals surface area contributed by atoms with Gasteiger partial charge in [0.05, 0.1) is 24.7 Å². The first-order valence-corrected chi connectivity index (χ1v) is 4.48. The van der Waals surface area contributed by atoms with Crippen LogP contribution >= 0.6 is 0 Å². The Morgan fingerprint density at radius 3 is 1.78 bits per heavy atom. The summed E-state index contributed by atoms with van der Waals surface area (Å²) in [6.45, 7) is -0.495. The Balaban J connectivity index is 3.73. The lowest BCUT2D eigenvalue weighted by Gasteiger charge is -2.00. The highest BCUT2D eigenvalue weighted by atomic mass is 32.2. The van der Waals surface area contributed by atoms with Gasteiger partial charge in [0, 0.05) is 9.73 Å². The Hall–Kier alpha value is -0.130. The number of hydrogen-bond acceptors (Lipinski definition) is 4. The summed E-state index contributed by atoms with van der Waals surface area (Å²) in [5.74, 6) is -0.0683. The Kier molecular flexibility index (Phi) is 3.76. The van der Waals surface area contributed by atoms with E-state index in [0.29, 0.717) is 0 Å². The predicted octanol–water partition coefficient (Wildman–Crippen LogP) is -0.982. The van der Waals surface area contributed by atoms with Gasteiger partial charge in [0.1, 0.15) is 0 Å². The van der Waals surface area contributed by atoms with Crippen molar-refractivity contribution >= 4 is 9.73 Å². The number of nitrogens with one attached hydrogen (secondary N) is 1. The molecular weight excluding hydrogens is 142 g/mol. The second-order valence-corrected chi connectivity index (χ2v) is 4.11. The smallest absolute Gasteiger partial charge is 0.0555 e. The molecule has 0 saturated heterocycles. The molecule has 9 heavy (non-hydrogen) atoms. The highest BCUT2D eigenvalue weighted by Crippen LogP contribution is 1.88. The van der Waals surface area contributed by atoms with Crippen molar-refractivity contribution in [3.63, 3.8) is 0 Å². The minimum atomic E-state index is -2.68. The maximum Gasteiger partial charge on any atom is 0.0555 e. The number of aliphatic hydroxyl groups is 2. The second-order valence-electron chi connectivity index (χ2n) is 1.67. The van der Waals surface area contributed by atoms with Gasteiger partial charge in [-0.1, -0.05) is 0 Å². The van der Waals surface area contributed by atoms with E-state index in [9.17, 15) is 4.21 Å². The van der Waals surface area contributed by atoms with E-state index in [1.807, 2.05) is 0 Å². The van der Waals surface area contributed by atoms with Crippen LogP contribution in [0.2, 0.25) is 0 Å². The standard InChI is InChI=1S/C4H11NO3S/c5-9(8,3-1-6)4-2-7/h5-7H,1-4H2. The largest absolute Gasteiger partial charge is 0.395 e. The third kappa shape index (κ3) is 4.38. The van der Waals surface area contributed by atoms with Gasteiger partial charge in [0.15, 0.2) is 0 Å². The highest BCUT2D eigenvalue weighted by molar-refractivity contribution is 7.92. The first kappa shape index (κ1) is 8.87. The zero-order valence-electron chi connectivity index (χ0n) is 5.04. The van der Waals surface area contributed by atoms with Crippen LogP contribution in [-0.2, 0) is 9.73 Å². The van der Waals surface area contributed by atoms with Crippen LogP contribution in [0.15, 0.2) is 0 Å². The van der Waals surface area contributed by atoms with Crippen LogP contribution in [0.4, 0.5) is 0 Å². The molecule has 3 N–H and O–H groups in total. The first-order valence-electron chi connectivity index (χ1n) is 2.58. The molecule has 0 rings (SSSR count). The molecule has 0 aromatic rings. The molecule has 56 valence electrons. The van der Waals surface area contributed by atoms with Crippen molar-refractivity contribution in [1.29, 1.82) is 4.78 Å². The molecule has 0 heterocycles. The summed E-state index contributed by atoms with van der Waals surface area (Å²) < 4.78 is 17.7. The molecule has 0 fully saturated rings. The predicted molar refractivity (Wildman–Crippen MR) is 34.8 cm³/mol. The van der Waals surface area contributed by atoms with Crippen molar-refractivity contribution in [2.75, 3.05) is 24.7 Å². The number of hydrogen-bond donors (Lipinski definition) is 3. The summed E-state index contributed by atoms with van der Waals surface area (Å²) in [4.78, 5) is 0. The zero-order valence-corrected chi connectivity index (χ0v) is 5.86. The summed E-state index contributed by atoms with van der Waals surface area (Å²) >= 11 is 0. The molecule has 0 unspecified atom stereocenters. The van der Waals surface area contributed by atoms with Gasteiger partial charge in [-0.2, -0.15) is 0 Å². The lowest BCUT2D eigenvalue weighted by molar-refractivity contribution is 0.314. The molecule has 0 saturated carbocycles. The third-order valence-electron chi connectivity index (χ3n) is 0.842. The molecule has 0 atom stereocenters. The third-order valence-corrected chi connectivity index (χ3v) is 2.53. The number of rotatable bonds is 4. The Labute approximate surface area is 54.5 Å². The molecule has 5 heteroatoms. The monoisotopic (exact) mass is 153 g/mol. The van der Waals surface area contributed by atoms with E-state index in [4.69, 9.17) is 15.0 Å². The van der Waals surface area contributed by atoms with Gasteiger partial charge in [-0.3, -0.25) is 4.78 Å². The Morgan fingerprint density at radius 1 is 1.22 bits per heavy atom. The van der Waals surface area contributed by atoms with E-state index < -0.39 is 9.73 Å². The summed E-state index contributed by atoms with van der Waals surface area (Å²) in [6.07, 6.45) is 0. The topological polar surface area (TPSA) is 81.4 Å². The molecule has 0 bridgehead atoms. The van der Waals surface area contributed by atoms with Gasteiger partial charge < -0.3 is 10.2 Å². The van der Waals surface area contributed by atoms with Crippen LogP contribution in [0, 0.1) is 4.78 Å². The van der Waals surface area contributed by atoms with Crippen LogP contribution in [0.5, 0.6) is 0 Å². The number of aliphatic hydroxyl groups excluding tert-OH is 2. The zero-order chi connectivity index (χ0) is 7.33. The first-order chi connectivity index (χ1) is 4.12. The fourth-order valence-corrected chi connectivity index (χ4v) is 1.19. The Bertz CT molecular complexity index is 139. The van der Waals surface area contributed by atoms with Crippen LogP contribution < -0.4 is 0 Å². The lowest BCUT2D eigenvalue weighted by atomic mass is 10.9. The minimum absolute atomic E-state index is 0.0342. The van der Waals surface area contributed by atoms with E-state index in [1.165, 1.54) is 0 Å².